The molecule has 1 aromatic rings. The smallest absolute Gasteiger partial charge is 0.292 e. The second kappa shape index (κ2) is 5.07. The molecule has 0 radical (unpaired) electrons. The molecule has 1 heterocycles. The molecule has 0 bridgehead atoms. The lowest BCUT2D eigenvalue weighted by Crippen LogP contribution is -2.21. The Morgan fingerprint density at radius 3 is 2.53 bits per heavy atom. The molecular formula is C11H15NO2S. The van der Waals surface area contributed by atoms with Crippen molar-refractivity contribution >= 4 is 28.0 Å². The monoisotopic (exact) mass is 225 g/mol. The fourth-order valence-corrected chi connectivity index (χ4v) is 1.98. The average Bonchev–Trinajstić information content (AvgIpc) is 2.65. The van der Waals surface area contributed by atoms with E-state index in [9.17, 15) is 9.59 Å². The zero-order chi connectivity index (χ0) is 11.4. The molecule has 0 spiro atoms. The van der Waals surface area contributed by atoms with Crippen molar-refractivity contribution in [2.24, 2.45) is 0 Å². The maximum Gasteiger partial charge on any atom is 0.292 e. The summed E-state index contributed by atoms with van der Waals surface area (Å²) in [4.78, 5) is 23.5. The zero-order valence-corrected chi connectivity index (χ0v) is 9.98. The predicted molar refractivity (Wildman–Crippen MR) is 62.3 cm³/mol. The number of amides is 1. The van der Waals surface area contributed by atoms with Gasteiger partial charge in [-0.3, -0.25) is 9.59 Å². The van der Waals surface area contributed by atoms with Crippen molar-refractivity contribution in [1.82, 2.24) is 0 Å². The summed E-state index contributed by atoms with van der Waals surface area (Å²) in [7, 11) is 0. The van der Waals surface area contributed by atoms with Gasteiger partial charge in [-0.15, -0.1) is 11.3 Å². The zero-order valence-electron chi connectivity index (χ0n) is 9.16. The van der Waals surface area contributed by atoms with Crippen LogP contribution in [0.1, 0.15) is 38.0 Å². The van der Waals surface area contributed by atoms with Gasteiger partial charge in [0.2, 0.25) is 5.78 Å². The minimum atomic E-state index is -0.519. The molecule has 3 nitrogen and oxygen atoms in total. The number of hydrogen-bond acceptors (Lipinski definition) is 3. The standard InChI is InChI=1S/C11H15NO2S/c1-4-8(13)11(14)12-10-6-5-9(15-10)7(2)3/h5-7H,4H2,1-3H3,(H,12,14). The van der Waals surface area contributed by atoms with Gasteiger partial charge in [-0.25, -0.2) is 0 Å². The van der Waals surface area contributed by atoms with Gasteiger partial charge in [0.15, 0.2) is 0 Å². The number of thiophene rings is 1. The fourth-order valence-electron chi connectivity index (χ4n) is 1.07. The third kappa shape index (κ3) is 3.16. The van der Waals surface area contributed by atoms with Crippen LogP contribution in [0.3, 0.4) is 0 Å². The highest BCUT2D eigenvalue weighted by Gasteiger charge is 2.12. The molecule has 1 N–H and O–H groups in total. The molecular weight excluding hydrogens is 210 g/mol. The first kappa shape index (κ1) is 11.9. The van der Waals surface area contributed by atoms with Crippen LogP contribution >= 0.6 is 11.3 Å². The van der Waals surface area contributed by atoms with Crippen molar-refractivity contribution in [3.63, 3.8) is 0 Å². The van der Waals surface area contributed by atoms with Crippen LogP contribution < -0.4 is 5.32 Å². The van der Waals surface area contributed by atoms with E-state index in [1.54, 1.807) is 6.92 Å². The topological polar surface area (TPSA) is 46.2 Å². The summed E-state index contributed by atoms with van der Waals surface area (Å²) in [5.74, 6) is -0.452. The summed E-state index contributed by atoms with van der Waals surface area (Å²) in [5, 5.41) is 3.34. The predicted octanol–water partition coefficient (Wildman–Crippen LogP) is 2.79. The maximum atomic E-state index is 11.3. The van der Waals surface area contributed by atoms with E-state index in [0.29, 0.717) is 5.92 Å². The third-order valence-electron chi connectivity index (χ3n) is 2.01. The Bertz CT molecular complexity index is 368. The van der Waals surface area contributed by atoms with E-state index >= 15 is 0 Å². The van der Waals surface area contributed by atoms with Crippen LogP contribution in [-0.4, -0.2) is 11.7 Å². The third-order valence-corrected chi connectivity index (χ3v) is 3.31. The lowest BCUT2D eigenvalue weighted by molar-refractivity contribution is -0.134. The molecule has 0 aliphatic carbocycles. The SMILES string of the molecule is CCC(=O)C(=O)Nc1ccc(C(C)C)s1. The summed E-state index contributed by atoms with van der Waals surface area (Å²) in [5.41, 5.74) is 0. The van der Waals surface area contributed by atoms with Crippen molar-refractivity contribution in [1.29, 1.82) is 0 Å². The van der Waals surface area contributed by atoms with Crippen LogP contribution in [0.4, 0.5) is 5.00 Å². The number of Topliss-reactive ketones (excluding diaryl/α,β-unsaturated/α-hetero) is 1. The first-order valence-electron chi connectivity index (χ1n) is 4.98. The normalized spacial score (nSPS) is 10.4. The number of anilines is 1. The van der Waals surface area contributed by atoms with Crippen molar-refractivity contribution < 1.29 is 9.59 Å². The maximum absolute atomic E-state index is 11.3. The van der Waals surface area contributed by atoms with Gasteiger partial charge < -0.3 is 5.32 Å². The second-order valence-corrected chi connectivity index (χ2v) is 4.70. The average molecular weight is 225 g/mol. The van der Waals surface area contributed by atoms with Crippen LogP contribution in [0, 0.1) is 0 Å². The summed E-state index contributed by atoms with van der Waals surface area (Å²) >= 11 is 1.51. The first-order valence-corrected chi connectivity index (χ1v) is 5.80. The van der Waals surface area contributed by atoms with Crippen LogP contribution in [0.15, 0.2) is 12.1 Å². The Morgan fingerprint density at radius 2 is 2.07 bits per heavy atom. The van der Waals surface area contributed by atoms with E-state index in [0.717, 1.165) is 5.00 Å². The lowest BCUT2D eigenvalue weighted by atomic mass is 10.2. The van der Waals surface area contributed by atoms with Gasteiger partial charge in [0.1, 0.15) is 0 Å². The van der Waals surface area contributed by atoms with Gasteiger partial charge in [-0.2, -0.15) is 0 Å². The Labute approximate surface area is 93.5 Å². The minimum absolute atomic E-state index is 0.244. The molecule has 0 saturated carbocycles. The molecule has 0 saturated heterocycles. The Hall–Kier alpha value is -1.16. The van der Waals surface area contributed by atoms with Gasteiger partial charge in [0.25, 0.3) is 5.91 Å². The number of carbonyl (C=O) groups is 2. The van der Waals surface area contributed by atoms with Gasteiger partial charge >= 0.3 is 0 Å². The summed E-state index contributed by atoms with van der Waals surface area (Å²) in [6.45, 7) is 5.86. The van der Waals surface area contributed by atoms with Gasteiger partial charge in [-0.1, -0.05) is 20.8 Å². The molecule has 4 heteroatoms. The summed E-state index contributed by atoms with van der Waals surface area (Å²) in [6.07, 6.45) is 0.244. The molecule has 1 aromatic heterocycles. The quantitative estimate of drug-likeness (QED) is 0.801. The molecule has 0 unspecified atom stereocenters. The Kier molecular flexibility index (Phi) is 4.03. The van der Waals surface area contributed by atoms with E-state index in [-0.39, 0.29) is 12.2 Å². The van der Waals surface area contributed by atoms with Crippen molar-refractivity contribution in [3.8, 4) is 0 Å². The van der Waals surface area contributed by atoms with E-state index in [2.05, 4.69) is 19.2 Å². The van der Waals surface area contributed by atoms with Gasteiger partial charge in [-0.05, 0) is 18.1 Å². The molecule has 1 amide bonds. The van der Waals surface area contributed by atoms with Crippen molar-refractivity contribution in [3.05, 3.63) is 17.0 Å². The van der Waals surface area contributed by atoms with E-state index < -0.39 is 5.91 Å². The van der Waals surface area contributed by atoms with Crippen molar-refractivity contribution in [2.45, 2.75) is 33.1 Å². The van der Waals surface area contributed by atoms with Gasteiger partial charge in [0.05, 0.1) is 5.00 Å². The first-order chi connectivity index (χ1) is 7.04. The summed E-state index contributed by atoms with van der Waals surface area (Å²) < 4.78 is 0. The largest absolute Gasteiger partial charge is 0.311 e. The van der Waals surface area contributed by atoms with Gasteiger partial charge in [0, 0.05) is 11.3 Å². The highest BCUT2D eigenvalue weighted by Crippen LogP contribution is 2.27. The fraction of sp³-hybridized carbons (Fsp3) is 0.455. The molecule has 0 aromatic carbocycles. The molecule has 0 aliphatic heterocycles. The number of carbonyl (C=O) groups excluding carboxylic acids is 2. The number of ketones is 1. The number of rotatable bonds is 4. The lowest BCUT2D eigenvalue weighted by Gasteiger charge is -2.00. The minimum Gasteiger partial charge on any atom is -0.311 e. The molecule has 1 rings (SSSR count). The van der Waals surface area contributed by atoms with Crippen molar-refractivity contribution in [2.75, 3.05) is 5.32 Å². The molecule has 82 valence electrons. The highest BCUT2D eigenvalue weighted by atomic mass is 32.1. The molecule has 0 fully saturated rings. The highest BCUT2D eigenvalue weighted by molar-refractivity contribution is 7.16. The molecule has 0 atom stereocenters. The van der Waals surface area contributed by atoms with Crippen LogP contribution in [0.2, 0.25) is 0 Å². The van der Waals surface area contributed by atoms with E-state index in [1.807, 2.05) is 12.1 Å². The number of nitrogens with one attached hydrogen (secondary N) is 1. The number of hydrogen-bond donors (Lipinski definition) is 1. The van der Waals surface area contributed by atoms with Crippen LogP contribution in [-0.2, 0) is 9.59 Å². The van der Waals surface area contributed by atoms with E-state index in [4.69, 9.17) is 0 Å². The molecule has 0 aliphatic rings. The Balaban J connectivity index is 2.65. The molecule has 15 heavy (non-hydrogen) atoms. The Morgan fingerprint density at radius 1 is 1.40 bits per heavy atom. The summed E-state index contributed by atoms with van der Waals surface area (Å²) in [6, 6.07) is 3.81. The van der Waals surface area contributed by atoms with E-state index in [1.165, 1.54) is 16.2 Å². The second-order valence-electron chi connectivity index (χ2n) is 3.59. The van der Waals surface area contributed by atoms with Crippen LogP contribution in [0.25, 0.3) is 0 Å². The van der Waals surface area contributed by atoms with Crippen LogP contribution in [0.5, 0.6) is 0 Å².